The molecule has 0 N–H and O–H groups in total. The van der Waals surface area contributed by atoms with E-state index in [1.807, 2.05) is 11.8 Å². The molecule has 2 heteroatoms. The minimum atomic E-state index is 1.18. The van der Waals surface area contributed by atoms with Gasteiger partial charge in [0.15, 0.2) is 0 Å². The lowest BCUT2D eigenvalue weighted by atomic mass is 10.1. The van der Waals surface area contributed by atoms with E-state index in [0.29, 0.717) is 0 Å². The Labute approximate surface area is 161 Å². The van der Waals surface area contributed by atoms with Crippen molar-refractivity contribution in [1.29, 1.82) is 0 Å². The molecule has 26 heavy (non-hydrogen) atoms. The van der Waals surface area contributed by atoms with Crippen molar-refractivity contribution in [2.45, 2.75) is 48.8 Å². The molecule has 1 heterocycles. The van der Waals surface area contributed by atoms with Crippen LogP contribution in [0.3, 0.4) is 0 Å². The minimum Gasteiger partial charge on any atom is -0.308 e. The van der Waals surface area contributed by atoms with Crippen LogP contribution >= 0.6 is 11.8 Å². The first-order valence-corrected chi connectivity index (χ1v) is 10.4. The maximum atomic E-state index is 2.39. The predicted octanol–water partition coefficient (Wildman–Crippen LogP) is 7.74. The molecule has 0 saturated carbocycles. The Morgan fingerprint density at radius 2 is 1.31 bits per heavy atom. The molecule has 3 aromatic rings. The molecular formula is C24H25NS. The Morgan fingerprint density at radius 1 is 0.692 bits per heavy atom. The van der Waals surface area contributed by atoms with Gasteiger partial charge in [-0.2, -0.15) is 0 Å². The number of fused-ring (bicyclic) bond motifs is 2. The molecule has 0 bridgehead atoms. The van der Waals surface area contributed by atoms with Crippen LogP contribution in [0.5, 0.6) is 0 Å². The van der Waals surface area contributed by atoms with Crippen molar-refractivity contribution < 1.29 is 0 Å². The molecule has 132 valence electrons. The van der Waals surface area contributed by atoms with Gasteiger partial charge >= 0.3 is 0 Å². The monoisotopic (exact) mass is 359 g/mol. The summed E-state index contributed by atoms with van der Waals surface area (Å²) in [4.78, 5) is 5.02. The molecule has 1 aliphatic heterocycles. The highest BCUT2D eigenvalue weighted by molar-refractivity contribution is 7.99. The highest BCUT2D eigenvalue weighted by atomic mass is 32.2. The van der Waals surface area contributed by atoms with Crippen LogP contribution in [0.1, 0.15) is 38.2 Å². The molecule has 0 amide bonds. The fraction of sp³-hybridized carbons (Fsp3) is 0.250. The molecule has 1 nitrogen and oxygen atoms in total. The molecule has 0 unspecified atom stereocenters. The van der Waals surface area contributed by atoms with Gasteiger partial charge in [-0.05, 0) is 54.8 Å². The topological polar surface area (TPSA) is 3.24 Å². The summed E-state index contributed by atoms with van der Waals surface area (Å²) in [7, 11) is 0. The SMILES string of the molecule is CCCCCCc1ccc(N2c3ccccc3Sc3ccccc32)cc1. The second-order valence-electron chi connectivity index (χ2n) is 6.85. The Hall–Kier alpha value is -2.19. The van der Waals surface area contributed by atoms with Crippen molar-refractivity contribution in [2.24, 2.45) is 0 Å². The summed E-state index contributed by atoms with van der Waals surface area (Å²) in [6.07, 6.45) is 6.45. The maximum absolute atomic E-state index is 2.39. The first-order chi connectivity index (χ1) is 12.9. The first kappa shape index (κ1) is 17.2. The fourth-order valence-corrected chi connectivity index (χ4v) is 4.61. The Morgan fingerprint density at radius 3 is 1.92 bits per heavy atom. The van der Waals surface area contributed by atoms with Crippen molar-refractivity contribution in [3.63, 3.8) is 0 Å². The zero-order valence-corrected chi connectivity index (χ0v) is 16.1. The molecule has 0 aliphatic carbocycles. The molecule has 0 atom stereocenters. The molecule has 4 rings (SSSR count). The molecule has 0 radical (unpaired) electrons. The van der Waals surface area contributed by atoms with E-state index in [0.717, 1.165) is 0 Å². The molecule has 3 aromatic carbocycles. The standard InChI is InChI=1S/C24H25NS/c1-2-3-4-5-10-19-15-17-20(18-16-19)25-21-11-6-8-13-23(21)26-24-14-9-7-12-22(24)25/h6-9,11-18H,2-5,10H2,1H3. The summed E-state index contributed by atoms with van der Waals surface area (Å²) in [5.41, 5.74) is 5.22. The van der Waals surface area contributed by atoms with Gasteiger partial charge in [0.25, 0.3) is 0 Å². The van der Waals surface area contributed by atoms with Crippen molar-refractivity contribution in [3.05, 3.63) is 78.4 Å². The van der Waals surface area contributed by atoms with Crippen LogP contribution in [0, 0.1) is 0 Å². The van der Waals surface area contributed by atoms with Gasteiger partial charge in [0, 0.05) is 15.5 Å². The second kappa shape index (κ2) is 8.01. The van der Waals surface area contributed by atoms with E-state index < -0.39 is 0 Å². The number of rotatable bonds is 6. The van der Waals surface area contributed by atoms with Gasteiger partial charge in [-0.15, -0.1) is 0 Å². The molecule has 0 saturated heterocycles. The van der Waals surface area contributed by atoms with Crippen molar-refractivity contribution >= 4 is 28.8 Å². The summed E-state index contributed by atoms with van der Waals surface area (Å²) in [6.45, 7) is 2.27. The van der Waals surface area contributed by atoms with Crippen molar-refractivity contribution in [2.75, 3.05) is 4.90 Å². The number of nitrogens with zero attached hydrogens (tertiary/aromatic N) is 1. The van der Waals surface area contributed by atoms with Gasteiger partial charge < -0.3 is 4.90 Å². The first-order valence-electron chi connectivity index (χ1n) is 9.62. The zero-order valence-electron chi connectivity index (χ0n) is 15.3. The summed E-state index contributed by atoms with van der Waals surface area (Å²) < 4.78 is 0. The zero-order chi connectivity index (χ0) is 17.8. The van der Waals surface area contributed by atoms with Gasteiger partial charge in [0.1, 0.15) is 0 Å². The van der Waals surface area contributed by atoms with Crippen molar-refractivity contribution in [3.8, 4) is 0 Å². The van der Waals surface area contributed by atoms with E-state index in [-0.39, 0.29) is 0 Å². The van der Waals surface area contributed by atoms with E-state index in [4.69, 9.17) is 0 Å². The average molecular weight is 360 g/mol. The van der Waals surface area contributed by atoms with Gasteiger partial charge in [-0.25, -0.2) is 0 Å². The van der Waals surface area contributed by atoms with Crippen LogP contribution in [0.4, 0.5) is 17.1 Å². The molecular weight excluding hydrogens is 334 g/mol. The molecule has 0 fully saturated rings. The van der Waals surface area contributed by atoms with Gasteiger partial charge in [0.2, 0.25) is 0 Å². The molecule has 0 spiro atoms. The normalized spacial score (nSPS) is 12.6. The third-order valence-electron chi connectivity index (χ3n) is 4.95. The third-order valence-corrected chi connectivity index (χ3v) is 6.08. The highest BCUT2D eigenvalue weighted by Gasteiger charge is 2.23. The second-order valence-corrected chi connectivity index (χ2v) is 7.93. The van der Waals surface area contributed by atoms with Crippen LogP contribution in [0.25, 0.3) is 0 Å². The van der Waals surface area contributed by atoms with Crippen molar-refractivity contribution in [1.82, 2.24) is 0 Å². The molecule has 0 aromatic heterocycles. The van der Waals surface area contributed by atoms with Crippen LogP contribution in [-0.2, 0) is 6.42 Å². The smallest absolute Gasteiger partial charge is 0.0601 e. The van der Waals surface area contributed by atoms with E-state index >= 15 is 0 Å². The number of hydrogen-bond acceptors (Lipinski definition) is 2. The van der Waals surface area contributed by atoms with Crippen LogP contribution in [-0.4, -0.2) is 0 Å². The Kier molecular flexibility index (Phi) is 5.31. The van der Waals surface area contributed by atoms with E-state index in [2.05, 4.69) is 84.6 Å². The summed E-state index contributed by atoms with van der Waals surface area (Å²) in [5.74, 6) is 0. The van der Waals surface area contributed by atoms with E-state index in [9.17, 15) is 0 Å². The number of benzene rings is 3. The predicted molar refractivity (Wildman–Crippen MR) is 113 cm³/mol. The van der Waals surface area contributed by atoms with E-state index in [1.165, 1.54) is 64.5 Å². The third kappa shape index (κ3) is 3.52. The van der Waals surface area contributed by atoms with Gasteiger partial charge in [0.05, 0.1) is 11.4 Å². The minimum absolute atomic E-state index is 1.18. The highest BCUT2D eigenvalue weighted by Crippen LogP contribution is 2.50. The van der Waals surface area contributed by atoms with Crippen LogP contribution < -0.4 is 4.90 Å². The summed E-state index contributed by atoms with van der Waals surface area (Å²) >= 11 is 1.86. The largest absolute Gasteiger partial charge is 0.308 e. The number of anilines is 3. The Bertz CT molecular complexity index is 824. The van der Waals surface area contributed by atoms with E-state index in [1.54, 1.807) is 0 Å². The number of unbranched alkanes of at least 4 members (excludes halogenated alkanes) is 3. The quantitative estimate of drug-likeness (QED) is 0.324. The summed E-state index contributed by atoms with van der Waals surface area (Å²) in [5, 5.41) is 0. The lowest BCUT2D eigenvalue weighted by Crippen LogP contribution is -2.14. The number of aryl methyl sites for hydroxylation is 1. The van der Waals surface area contributed by atoms with Crippen LogP contribution in [0.2, 0.25) is 0 Å². The lowest BCUT2D eigenvalue weighted by Gasteiger charge is -2.32. The summed E-state index contributed by atoms with van der Waals surface area (Å²) in [6, 6.07) is 26.5. The Balaban J connectivity index is 1.63. The average Bonchev–Trinajstić information content (AvgIpc) is 2.70. The van der Waals surface area contributed by atoms with Gasteiger partial charge in [-0.3, -0.25) is 0 Å². The maximum Gasteiger partial charge on any atom is 0.0601 e. The lowest BCUT2D eigenvalue weighted by molar-refractivity contribution is 0.667. The number of hydrogen-bond donors (Lipinski definition) is 0. The molecule has 1 aliphatic rings. The number of para-hydroxylation sites is 2. The fourth-order valence-electron chi connectivity index (χ4n) is 3.55. The van der Waals surface area contributed by atoms with Gasteiger partial charge in [-0.1, -0.05) is 74.3 Å². The van der Waals surface area contributed by atoms with Crippen LogP contribution in [0.15, 0.2) is 82.6 Å².